The summed E-state index contributed by atoms with van der Waals surface area (Å²) < 4.78 is 11.2. The topological polar surface area (TPSA) is 18.5 Å². The summed E-state index contributed by atoms with van der Waals surface area (Å²) in [5.41, 5.74) is 0.917. The molecule has 0 aliphatic carbocycles. The van der Waals surface area contributed by atoms with E-state index in [4.69, 9.17) is 9.47 Å². The maximum Gasteiger partial charge on any atom is 0.199 e. The van der Waals surface area contributed by atoms with Gasteiger partial charge in [-0.2, -0.15) is 0 Å². The number of benzene rings is 1. The number of hydrogen-bond donors (Lipinski definition) is 0. The van der Waals surface area contributed by atoms with E-state index in [9.17, 15) is 0 Å². The minimum absolute atomic E-state index is 0.127. The summed E-state index contributed by atoms with van der Waals surface area (Å²) in [6, 6.07) is 10.0. The van der Waals surface area contributed by atoms with Crippen LogP contribution in [0.2, 0.25) is 0 Å². The molecule has 0 radical (unpaired) electrons. The SMILES string of the molecule is COC(OC)(c1ccccc1)C(C)(C)C. The van der Waals surface area contributed by atoms with Crippen LogP contribution in [0.1, 0.15) is 26.3 Å². The third kappa shape index (κ3) is 2.06. The highest BCUT2D eigenvalue weighted by atomic mass is 16.7. The maximum atomic E-state index is 5.62. The quantitative estimate of drug-likeness (QED) is 0.710. The summed E-state index contributed by atoms with van der Waals surface area (Å²) in [5, 5.41) is 0. The lowest BCUT2D eigenvalue weighted by Crippen LogP contribution is -2.43. The Labute approximate surface area is 92.2 Å². The molecule has 84 valence electrons. The van der Waals surface area contributed by atoms with Gasteiger partial charge in [-0.1, -0.05) is 51.1 Å². The van der Waals surface area contributed by atoms with Crippen molar-refractivity contribution < 1.29 is 9.47 Å². The standard InChI is InChI=1S/C13H20O2/c1-12(2,3)13(14-4,15-5)11-9-7-6-8-10-11/h6-10H,1-5H3. The van der Waals surface area contributed by atoms with Crippen molar-refractivity contribution in [3.63, 3.8) is 0 Å². The first-order valence-corrected chi connectivity index (χ1v) is 5.14. The lowest BCUT2D eigenvalue weighted by molar-refractivity contribution is -0.274. The first kappa shape index (κ1) is 12.2. The minimum atomic E-state index is -0.686. The van der Waals surface area contributed by atoms with Crippen molar-refractivity contribution in [2.24, 2.45) is 5.41 Å². The molecule has 0 saturated carbocycles. The average molecular weight is 208 g/mol. The third-order valence-corrected chi connectivity index (χ3v) is 2.72. The van der Waals surface area contributed by atoms with Crippen LogP contribution in [0.15, 0.2) is 30.3 Å². The summed E-state index contributed by atoms with van der Waals surface area (Å²) in [4.78, 5) is 0. The zero-order valence-electron chi connectivity index (χ0n) is 10.2. The predicted molar refractivity (Wildman–Crippen MR) is 61.6 cm³/mol. The van der Waals surface area contributed by atoms with Gasteiger partial charge in [-0.05, 0) is 0 Å². The van der Waals surface area contributed by atoms with Crippen molar-refractivity contribution in [3.05, 3.63) is 35.9 Å². The number of ether oxygens (including phenoxy) is 2. The first-order valence-electron chi connectivity index (χ1n) is 5.14. The van der Waals surface area contributed by atoms with Gasteiger partial charge in [-0.15, -0.1) is 0 Å². The lowest BCUT2D eigenvalue weighted by atomic mass is 9.80. The Bertz CT molecular complexity index is 294. The molecule has 0 atom stereocenters. The number of methoxy groups -OCH3 is 2. The van der Waals surface area contributed by atoms with Crippen LogP contribution in [-0.2, 0) is 15.3 Å². The van der Waals surface area contributed by atoms with Crippen LogP contribution in [-0.4, -0.2) is 14.2 Å². The van der Waals surface area contributed by atoms with E-state index in [1.807, 2.05) is 30.3 Å². The first-order chi connectivity index (χ1) is 6.98. The fourth-order valence-electron chi connectivity index (χ4n) is 2.02. The van der Waals surface area contributed by atoms with Crippen LogP contribution in [0.4, 0.5) is 0 Å². The van der Waals surface area contributed by atoms with Gasteiger partial charge in [0.15, 0.2) is 5.79 Å². The smallest absolute Gasteiger partial charge is 0.199 e. The molecule has 1 rings (SSSR count). The van der Waals surface area contributed by atoms with Gasteiger partial charge >= 0.3 is 0 Å². The molecule has 15 heavy (non-hydrogen) atoms. The minimum Gasteiger partial charge on any atom is -0.349 e. The Kier molecular flexibility index (Phi) is 3.53. The predicted octanol–water partition coefficient (Wildman–Crippen LogP) is 3.18. The Morgan fingerprint density at radius 2 is 1.33 bits per heavy atom. The Hall–Kier alpha value is -0.860. The molecule has 2 heteroatoms. The summed E-state index contributed by atoms with van der Waals surface area (Å²) in [6.45, 7) is 6.31. The van der Waals surface area contributed by atoms with Crippen molar-refractivity contribution in [1.29, 1.82) is 0 Å². The molecule has 0 unspecified atom stereocenters. The largest absolute Gasteiger partial charge is 0.349 e. The molecule has 0 spiro atoms. The van der Waals surface area contributed by atoms with Crippen molar-refractivity contribution in [2.75, 3.05) is 14.2 Å². The molecular weight excluding hydrogens is 188 g/mol. The fourth-order valence-corrected chi connectivity index (χ4v) is 2.02. The lowest BCUT2D eigenvalue weighted by Gasteiger charge is -2.42. The van der Waals surface area contributed by atoms with Gasteiger partial charge in [0, 0.05) is 25.2 Å². The molecule has 1 aromatic carbocycles. The second-order valence-corrected chi connectivity index (χ2v) is 4.64. The van der Waals surface area contributed by atoms with Gasteiger partial charge in [0.1, 0.15) is 0 Å². The highest BCUT2D eigenvalue weighted by Crippen LogP contribution is 2.42. The normalized spacial score (nSPS) is 12.9. The van der Waals surface area contributed by atoms with Gasteiger partial charge in [0.2, 0.25) is 0 Å². The van der Waals surface area contributed by atoms with Crippen molar-refractivity contribution in [3.8, 4) is 0 Å². The zero-order valence-corrected chi connectivity index (χ0v) is 10.2. The molecule has 2 nitrogen and oxygen atoms in total. The van der Waals surface area contributed by atoms with Crippen LogP contribution in [0.5, 0.6) is 0 Å². The van der Waals surface area contributed by atoms with Gasteiger partial charge in [-0.25, -0.2) is 0 Å². The van der Waals surface area contributed by atoms with E-state index in [0.29, 0.717) is 0 Å². The molecule has 1 aromatic rings. The third-order valence-electron chi connectivity index (χ3n) is 2.72. The number of hydrogen-bond acceptors (Lipinski definition) is 2. The fraction of sp³-hybridized carbons (Fsp3) is 0.538. The summed E-state index contributed by atoms with van der Waals surface area (Å²) in [7, 11) is 3.36. The van der Waals surface area contributed by atoms with Crippen LogP contribution in [0, 0.1) is 5.41 Å². The van der Waals surface area contributed by atoms with Crippen LogP contribution < -0.4 is 0 Å². The van der Waals surface area contributed by atoms with Gasteiger partial charge < -0.3 is 9.47 Å². The summed E-state index contributed by atoms with van der Waals surface area (Å²) >= 11 is 0. The van der Waals surface area contributed by atoms with E-state index >= 15 is 0 Å². The van der Waals surface area contributed by atoms with E-state index in [-0.39, 0.29) is 5.41 Å². The molecule has 0 aliphatic heterocycles. The van der Waals surface area contributed by atoms with E-state index in [1.165, 1.54) is 0 Å². The van der Waals surface area contributed by atoms with Crippen LogP contribution in [0.25, 0.3) is 0 Å². The van der Waals surface area contributed by atoms with Crippen molar-refractivity contribution in [2.45, 2.75) is 26.6 Å². The molecule has 0 N–H and O–H groups in total. The Balaban J connectivity index is 3.24. The van der Waals surface area contributed by atoms with Crippen molar-refractivity contribution in [1.82, 2.24) is 0 Å². The average Bonchev–Trinajstić information content (AvgIpc) is 2.20. The van der Waals surface area contributed by atoms with Gasteiger partial charge in [0.25, 0.3) is 0 Å². The van der Waals surface area contributed by atoms with E-state index in [2.05, 4.69) is 20.8 Å². The molecule has 0 amide bonds. The maximum absolute atomic E-state index is 5.62. The van der Waals surface area contributed by atoms with E-state index in [1.54, 1.807) is 14.2 Å². The Morgan fingerprint density at radius 1 is 0.867 bits per heavy atom. The highest BCUT2D eigenvalue weighted by Gasteiger charge is 2.44. The van der Waals surface area contributed by atoms with E-state index < -0.39 is 5.79 Å². The molecule has 0 saturated heterocycles. The second-order valence-electron chi connectivity index (χ2n) is 4.64. The monoisotopic (exact) mass is 208 g/mol. The zero-order chi connectivity index (χ0) is 11.5. The molecule has 0 aromatic heterocycles. The van der Waals surface area contributed by atoms with Crippen LogP contribution in [0.3, 0.4) is 0 Å². The Morgan fingerprint density at radius 3 is 1.67 bits per heavy atom. The van der Waals surface area contributed by atoms with Gasteiger partial charge in [0.05, 0.1) is 0 Å². The molecule has 0 fully saturated rings. The highest BCUT2D eigenvalue weighted by molar-refractivity contribution is 5.22. The van der Waals surface area contributed by atoms with E-state index in [0.717, 1.165) is 5.56 Å². The van der Waals surface area contributed by atoms with Gasteiger partial charge in [-0.3, -0.25) is 0 Å². The molecule has 0 heterocycles. The summed E-state index contributed by atoms with van der Waals surface area (Å²) in [5.74, 6) is -0.686. The molecule has 0 aliphatic rings. The second kappa shape index (κ2) is 4.33. The van der Waals surface area contributed by atoms with Crippen LogP contribution >= 0.6 is 0 Å². The summed E-state index contributed by atoms with van der Waals surface area (Å²) in [6.07, 6.45) is 0. The molecule has 0 bridgehead atoms. The number of rotatable bonds is 3. The van der Waals surface area contributed by atoms with Crippen molar-refractivity contribution >= 4 is 0 Å². The molecular formula is C13H20O2.